The van der Waals surface area contributed by atoms with Crippen molar-refractivity contribution >= 4 is 23.2 Å². The van der Waals surface area contributed by atoms with Crippen molar-refractivity contribution in [2.24, 2.45) is 0 Å². The number of anilines is 2. The van der Waals surface area contributed by atoms with Crippen molar-refractivity contribution in [2.75, 3.05) is 16.8 Å². The van der Waals surface area contributed by atoms with Gasteiger partial charge in [0.1, 0.15) is 5.75 Å². The van der Waals surface area contributed by atoms with Crippen LogP contribution < -0.4 is 15.0 Å². The van der Waals surface area contributed by atoms with Crippen LogP contribution in [-0.2, 0) is 9.59 Å². The lowest BCUT2D eigenvalue weighted by atomic mass is 9.99. The molecule has 1 aliphatic rings. The van der Waals surface area contributed by atoms with E-state index in [0.29, 0.717) is 23.7 Å². The highest BCUT2D eigenvalue weighted by molar-refractivity contribution is 6.19. The van der Waals surface area contributed by atoms with Gasteiger partial charge in [-0.25, -0.2) is 0 Å². The van der Waals surface area contributed by atoms with Crippen molar-refractivity contribution in [3.05, 3.63) is 53.6 Å². The molecule has 2 aromatic rings. The molecular weight excluding hydrogens is 316 g/mol. The van der Waals surface area contributed by atoms with Gasteiger partial charge in [-0.2, -0.15) is 0 Å². The van der Waals surface area contributed by atoms with Gasteiger partial charge in [0.2, 0.25) is 0 Å². The highest BCUT2D eigenvalue weighted by Crippen LogP contribution is 2.38. The highest BCUT2D eigenvalue weighted by Gasteiger charge is 2.50. The Labute approximate surface area is 147 Å². The molecule has 1 N–H and O–H groups in total. The van der Waals surface area contributed by atoms with Crippen molar-refractivity contribution in [1.29, 1.82) is 0 Å². The molecule has 1 heterocycles. The summed E-state index contributed by atoms with van der Waals surface area (Å²) in [6.07, 6.45) is 0. The molecule has 2 amide bonds. The summed E-state index contributed by atoms with van der Waals surface area (Å²) >= 11 is 0. The molecule has 0 bridgehead atoms. The number of carbonyl (C=O) groups is 2. The maximum atomic E-state index is 13.0. The lowest BCUT2D eigenvalue weighted by molar-refractivity contribution is -0.145. The van der Waals surface area contributed by atoms with Crippen LogP contribution in [0.3, 0.4) is 0 Å². The summed E-state index contributed by atoms with van der Waals surface area (Å²) < 4.78 is 5.86. The van der Waals surface area contributed by atoms with Crippen LogP contribution in [0.15, 0.2) is 42.5 Å². The molecule has 5 heteroatoms. The normalized spacial score (nSPS) is 19.2. The predicted molar refractivity (Wildman–Crippen MR) is 98.0 cm³/mol. The Bertz CT molecular complexity index is 847. The van der Waals surface area contributed by atoms with E-state index in [1.165, 1.54) is 6.92 Å². The zero-order chi connectivity index (χ0) is 18.2. The van der Waals surface area contributed by atoms with Crippen LogP contribution in [0.2, 0.25) is 0 Å². The number of fused-ring (bicyclic) bond motifs is 1. The fourth-order valence-corrected chi connectivity index (χ4v) is 3.05. The van der Waals surface area contributed by atoms with E-state index in [9.17, 15) is 9.59 Å². The molecule has 0 fully saturated rings. The molecule has 1 unspecified atom stereocenters. The summed E-state index contributed by atoms with van der Waals surface area (Å²) in [6.45, 7) is 7.77. The molecule has 3 rings (SSSR count). The predicted octanol–water partition coefficient (Wildman–Crippen LogP) is 3.45. The molecule has 1 atom stereocenters. The third kappa shape index (κ3) is 2.86. The van der Waals surface area contributed by atoms with Gasteiger partial charge >= 0.3 is 0 Å². The fourth-order valence-electron chi connectivity index (χ4n) is 3.05. The summed E-state index contributed by atoms with van der Waals surface area (Å²) in [5, 5.41) is 2.84. The van der Waals surface area contributed by atoms with E-state index in [1.807, 2.05) is 57.2 Å². The van der Waals surface area contributed by atoms with Gasteiger partial charge in [0.15, 0.2) is 0 Å². The molecule has 0 aliphatic carbocycles. The van der Waals surface area contributed by atoms with E-state index in [2.05, 4.69) is 5.32 Å². The second-order valence-corrected chi connectivity index (χ2v) is 6.42. The van der Waals surface area contributed by atoms with Gasteiger partial charge in [0.05, 0.1) is 5.69 Å². The Balaban J connectivity index is 1.95. The Hall–Kier alpha value is -2.82. The fraction of sp³-hybridized carbons (Fsp3) is 0.300. The van der Waals surface area contributed by atoms with Crippen LogP contribution >= 0.6 is 0 Å². The van der Waals surface area contributed by atoms with Gasteiger partial charge in [-0.1, -0.05) is 29.8 Å². The molecule has 0 saturated heterocycles. The number of hydrogen-bond donors (Lipinski definition) is 1. The number of rotatable bonds is 3. The first kappa shape index (κ1) is 17.0. The first-order valence-corrected chi connectivity index (χ1v) is 8.35. The topological polar surface area (TPSA) is 58.6 Å². The van der Waals surface area contributed by atoms with Crippen molar-refractivity contribution in [1.82, 2.24) is 0 Å². The van der Waals surface area contributed by atoms with Crippen molar-refractivity contribution in [3.8, 4) is 5.75 Å². The minimum Gasteiger partial charge on any atom is -0.465 e. The SMILES string of the molecule is CCN1C(=O)C(C)(C(=O)Nc2ccc(C)cc2C)Oc2ccccc21. The zero-order valence-corrected chi connectivity index (χ0v) is 14.9. The van der Waals surface area contributed by atoms with Crippen molar-refractivity contribution < 1.29 is 14.3 Å². The third-order valence-corrected chi connectivity index (χ3v) is 4.50. The average Bonchev–Trinajstić information content (AvgIpc) is 2.58. The summed E-state index contributed by atoms with van der Waals surface area (Å²) in [5.41, 5.74) is 1.80. The highest BCUT2D eigenvalue weighted by atomic mass is 16.5. The molecule has 0 aromatic heterocycles. The maximum absolute atomic E-state index is 13.0. The smallest absolute Gasteiger partial charge is 0.280 e. The van der Waals surface area contributed by atoms with E-state index < -0.39 is 11.5 Å². The standard InChI is InChI=1S/C20H22N2O3/c1-5-22-16-8-6-7-9-17(16)25-20(4,19(22)24)18(23)21-15-11-10-13(2)12-14(15)3/h6-12H,5H2,1-4H3,(H,21,23). The summed E-state index contributed by atoms with van der Waals surface area (Å²) in [7, 11) is 0. The summed E-state index contributed by atoms with van der Waals surface area (Å²) in [4.78, 5) is 27.5. The van der Waals surface area contributed by atoms with Crippen LogP contribution in [0, 0.1) is 13.8 Å². The quantitative estimate of drug-likeness (QED) is 0.872. The minimum absolute atomic E-state index is 0.365. The van der Waals surface area contributed by atoms with Crippen LogP contribution in [0.25, 0.3) is 0 Å². The number of nitrogens with one attached hydrogen (secondary N) is 1. The number of para-hydroxylation sites is 2. The number of benzene rings is 2. The number of hydrogen-bond acceptors (Lipinski definition) is 3. The molecule has 0 saturated carbocycles. The summed E-state index contributed by atoms with van der Waals surface area (Å²) in [6, 6.07) is 13.0. The van der Waals surface area contributed by atoms with Gasteiger partial charge in [-0.15, -0.1) is 0 Å². The second kappa shape index (κ2) is 6.24. The minimum atomic E-state index is -1.61. The zero-order valence-electron chi connectivity index (χ0n) is 14.9. The van der Waals surface area contributed by atoms with Gasteiger partial charge in [-0.05, 0) is 51.5 Å². The van der Waals surface area contributed by atoms with E-state index >= 15 is 0 Å². The first-order chi connectivity index (χ1) is 11.9. The van der Waals surface area contributed by atoms with Gasteiger partial charge in [0.25, 0.3) is 17.4 Å². The van der Waals surface area contributed by atoms with Crippen molar-refractivity contribution in [2.45, 2.75) is 33.3 Å². The van der Waals surface area contributed by atoms with Crippen molar-refractivity contribution in [3.63, 3.8) is 0 Å². The van der Waals surface area contributed by atoms with Crippen LogP contribution in [0.5, 0.6) is 5.75 Å². The molecule has 2 aromatic carbocycles. The Morgan fingerprint density at radius 2 is 1.92 bits per heavy atom. The Kier molecular flexibility index (Phi) is 4.25. The third-order valence-electron chi connectivity index (χ3n) is 4.50. The number of nitrogens with zero attached hydrogens (tertiary/aromatic N) is 1. The average molecular weight is 338 g/mol. The molecule has 0 radical (unpaired) electrons. The molecular formula is C20H22N2O3. The van der Waals surface area contributed by atoms with Gasteiger partial charge in [0, 0.05) is 12.2 Å². The number of likely N-dealkylation sites (N-methyl/N-ethyl adjacent to an activating group) is 1. The molecule has 130 valence electrons. The maximum Gasteiger partial charge on any atom is 0.280 e. The number of aryl methyl sites for hydroxylation is 2. The number of ether oxygens (including phenoxy) is 1. The Morgan fingerprint density at radius 1 is 1.20 bits per heavy atom. The lowest BCUT2D eigenvalue weighted by Gasteiger charge is -2.39. The molecule has 0 spiro atoms. The van der Waals surface area contributed by atoms with Crippen LogP contribution in [-0.4, -0.2) is 24.0 Å². The van der Waals surface area contributed by atoms with E-state index in [0.717, 1.165) is 11.1 Å². The number of carbonyl (C=O) groups excluding carboxylic acids is 2. The number of amides is 2. The molecule has 1 aliphatic heterocycles. The van der Waals surface area contributed by atoms with Gasteiger partial charge in [-0.3, -0.25) is 9.59 Å². The van der Waals surface area contributed by atoms with Crippen LogP contribution in [0.1, 0.15) is 25.0 Å². The Morgan fingerprint density at radius 3 is 2.60 bits per heavy atom. The van der Waals surface area contributed by atoms with Crippen LogP contribution in [0.4, 0.5) is 11.4 Å². The van der Waals surface area contributed by atoms with E-state index in [1.54, 1.807) is 11.0 Å². The first-order valence-electron chi connectivity index (χ1n) is 8.35. The lowest BCUT2D eigenvalue weighted by Crippen LogP contribution is -2.60. The summed E-state index contributed by atoms with van der Waals surface area (Å²) in [5.74, 6) is -0.310. The van der Waals surface area contributed by atoms with E-state index in [-0.39, 0.29) is 5.91 Å². The monoisotopic (exact) mass is 338 g/mol. The molecule has 5 nitrogen and oxygen atoms in total. The van der Waals surface area contributed by atoms with Gasteiger partial charge < -0.3 is 15.0 Å². The largest absolute Gasteiger partial charge is 0.465 e. The second-order valence-electron chi connectivity index (χ2n) is 6.42. The van der Waals surface area contributed by atoms with E-state index in [4.69, 9.17) is 4.74 Å². The molecule has 25 heavy (non-hydrogen) atoms.